The van der Waals surface area contributed by atoms with Crippen molar-refractivity contribution in [3.63, 3.8) is 0 Å². The van der Waals surface area contributed by atoms with Crippen LogP contribution in [0, 0.1) is 5.92 Å². The van der Waals surface area contributed by atoms with Crippen molar-refractivity contribution in [3.8, 4) is 0 Å². The van der Waals surface area contributed by atoms with Gasteiger partial charge >= 0.3 is 12.1 Å². The molecule has 0 atom stereocenters. The second-order valence-corrected chi connectivity index (χ2v) is 5.41. The van der Waals surface area contributed by atoms with E-state index in [1.807, 2.05) is 11.4 Å². The summed E-state index contributed by atoms with van der Waals surface area (Å²) in [5, 5.41) is 5.12. The summed E-state index contributed by atoms with van der Waals surface area (Å²) < 4.78 is 36.5. The highest BCUT2D eigenvalue weighted by Gasteiger charge is 2.38. The minimum Gasteiger partial charge on any atom is -0.318 e. The number of alkyl halides is 3. The number of carbonyl (C=O) groups is 1. The van der Waals surface area contributed by atoms with Crippen LogP contribution >= 0.6 is 0 Å². The monoisotopic (exact) mass is 300 g/mol. The van der Waals surface area contributed by atoms with Crippen LogP contribution in [0.1, 0.15) is 31.2 Å². The van der Waals surface area contributed by atoms with E-state index in [1.165, 1.54) is 25.3 Å². The summed E-state index contributed by atoms with van der Waals surface area (Å²) in [6.45, 7) is 1.48. The van der Waals surface area contributed by atoms with Gasteiger partial charge in [-0.1, -0.05) is 25.0 Å². The van der Waals surface area contributed by atoms with Gasteiger partial charge in [0.15, 0.2) is 0 Å². The molecule has 1 aromatic carbocycles. The Balaban J connectivity index is 1.75. The van der Waals surface area contributed by atoms with Crippen LogP contribution in [-0.4, -0.2) is 18.6 Å². The number of rotatable bonds is 7. The first-order valence-electron chi connectivity index (χ1n) is 7.13. The third-order valence-electron chi connectivity index (χ3n) is 3.43. The Hall–Kier alpha value is -1.56. The predicted molar refractivity (Wildman–Crippen MR) is 74.8 cm³/mol. The molecule has 0 heterocycles. The molecule has 0 unspecified atom stereocenters. The van der Waals surface area contributed by atoms with Crippen LogP contribution in [0.25, 0.3) is 0 Å². The van der Waals surface area contributed by atoms with E-state index in [-0.39, 0.29) is 5.69 Å². The zero-order chi connectivity index (χ0) is 15.3. The van der Waals surface area contributed by atoms with Gasteiger partial charge in [0, 0.05) is 12.2 Å². The van der Waals surface area contributed by atoms with Gasteiger partial charge in [-0.05, 0) is 43.0 Å². The number of benzene rings is 1. The Kier molecular flexibility index (Phi) is 5.22. The normalized spacial score (nSPS) is 15.0. The van der Waals surface area contributed by atoms with E-state index in [9.17, 15) is 18.0 Å². The van der Waals surface area contributed by atoms with Gasteiger partial charge in [-0.3, -0.25) is 4.79 Å². The summed E-state index contributed by atoms with van der Waals surface area (Å²) in [5.74, 6) is -1.04. The Labute approximate surface area is 121 Å². The lowest BCUT2D eigenvalue weighted by molar-refractivity contribution is -0.167. The minimum atomic E-state index is -4.86. The van der Waals surface area contributed by atoms with Crippen molar-refractivity contribution in [2.24, 2.45) is 5.92 Å². The van der Waals surface area contributed by atoms with Crippen molar-refractivity contribution in [1.82, 2.24) is 5.32 Å². The summed E-state index contributed by atoms with van der Waals surface area (Å²) in [6.07, 6.45) is 0.197. The number of carbonyl (C=O) groups excluding carboxylic acids is 1. The molecule has 0 bridgehead atoms. The van der Waals surface area contributed by atoms with Crippen molar-refractivity contribution in [2.45, 2.75) is 38.4 Å². The van der Waals surface area contributed by atoms with Crippen molar-refractivity contribution < 1.29 is 18.0 Å². The van der Waals surface area contributed by atoms with E-state index in [1.54, 1.807) is 12.1 Å². The van der Waals surface area contributed by atoms with Crippen LogP contribution in [0.3, 0.4) is 0 Å². The first kappa shape index (κ1) is 15.8. The summed E-state index contributed by atoms with van der Waals surface area (Å²) >= 11 is 0. The molecule has 0 spiro atoms. The molecule has 0 saturated heterocycles. The maximum Gasteiger partial charge on any atom is 0.471 e. The molecule has 1 amide bonds. The van der Waals surface area contributed by atoms with Crippen molar-refractivity contribution in [3.05, 3.63) is 29.8 Å². The van der Waals surface area contributed by atoms with Gasteiger partial charge in [-0.25, -0.2) is 0 Å². The van der Waals surface area contributed by atoms with Crippen LogP contribution in [-0.2, 0) is 11.3 Å². The smallest absolute Gasteiger partial charge is 0.318 e. The lowest BCUT2D eigenvalue weighted by atomic mass is 10.2. The molecule has 0 aromatic heterocycles. The van der Waals surface area contributed by atoms with E-state index in [2.05, 4.69) is 5.32 Å². The SMILES string of the molecule is O=C(Nc1cccc(CNCCCC2CC2)c1)C(F)(F)F. The summed E-state index contributed by atoms with van der Waals surface area (Å²) in [6, 6.07) is 6.45. The first-order chi connectivity index (χ1) is 9.95. The van der Waals surface area contributed by atoms with Crippen molar-refractivity contribution in [1.29, 1.82) is 0 Å². The highest BCUT2D eigenvalue weighted by molar-refractivity contribution is 5.94. The van der Waals surface area contributed by atoms with Gasteiger partial charge in [0.2, 0.25) is 0 Å². The van der Waals surface area contributed by atoms with Gasteiger partial charge in [0.1, 0.15) is 0 Å². The van der Waals surface area contributed by atoms with Crippen LogP contribution < -0.4 is 10.6 Å². The zero-order valence-electron chi connectivity index (χ0n) is 11.7. The number of anilines is 1. The molecule has 1 saturated carbocycles. The van der Waals surface area contributed by atoms with Gasteiger partial charge in [-0.2, -0.15) is 13.2 Å². The molecule has 21 heavy (non-hydrogen) atoms. The maximum absolute atomic E-state index is 12.2. The van der Waals surface area contributed by atoms with Gasteiger partial charge in [0.05, 0.1) is 0 Å². The van der Waals surface area contributed by atoms with Crippen LogP contribution in [0.4, 0.5) is 18.9 Å². The van der Waals surface area contributed by atoms with E-state index in [0.717, 1.165) is 24.4 Å². The Morgan fingerprint density at radius 3 is 2.71 bits per heavy atom. The summed E-state index contributed by atoms with van der Waals surface area (Å²) in [5.41, 5.74) is 1.01. The average Bonchev–Trinajstić information content (AvgIpc) is 3.22. The quantitative estimate of drug-likeness (QED) is 0.757. The molecule has 2 rings (SSSR count). The topological polar surface area (TPSA) is 41.1 Å². The van der Waals surface area contributed by atoms with Crippen LogP contribution in [0.2, 0.25) is 0 Å². The Morgan fingerprint density at radius 1 is 1.29 bits per heavy atom. The summed E-state index contributed by atoms with van der Waals surface area (Å²) in [7, 11) is 0. The van der Waals surface area contributed by atoms with Gasteiger partial charge in [-0.15, -0.1) is 0 Å². The second kappa shape index (κ2) is 6.93. The highest BCUT2D eigenvalue weighted by Crippen LogP contribution is 2.33. The fourth-order valence-corrected chi connectivity index (χ4v) is 2.12. The number of amides is 1. The molecule has 116 valence electrons. The standard InChI is InChI=1S/C15H19F3N2O/c16-15(17,18)14(21)20-13-5-1-3-12(9-13)10-19-8-2-4-11-6-7-11/h1,3,5,9,11,19H,2,4,6-8,10H2,(H,20,21). The molecule has 3 nitrogen and oxygen atoms in total. The van der Waals surface area contributed by atoms with E-state index >= 15 is 0 Å². The highest BCUT2D eigenvalue weighted by atomic mass is 19.4. The lowest BCUT2D eigenvalue weighted by Gasteiger charge is -2.10. The maximum atomic E-state index is 12.2. The first-order valence-corrected chi connectivity index (χ1v) is 7.13. The molecule has 1 fully saturated rings. The molecule has 2 N–H and O–H groups in total. The number of nitrogens with one attached hydrogen (secondary N) is 2. The molecule has 1 aliphatic rings. The largest absolute Gasteiger partial charge is 0.471 e. The van der Waals surface area contributed by atoms with Gasteiger partial charge < -0.3 is 10.6 Å². The summed E-state index contributed by atoms with van der Waals surface area (Å²) in [4.78, 5) is 10.9. The fourth-order valence-electron chi connectivity index (χ4n) is 2.12. The average molecular weight is 300 g/mol. The predicted octanol–water partition coefficient (Wildman–Crippen LogP) is 3.47. The Bertz CT molecular complexity index is 484. The molecule has 0 radical (unpaired) electrons. The lowest BCUT2D eigenvalue weighted by Crippen LogP contribution is -2.29. The number of halogens is 3. The van der Waals surface area contributed by atoms with Crippen LogP contribution in [0.5, 0.6) is 0 Å². The molecule has 1 aromatic rings. The van der Waals surface area contributed by atoms with Crippen molar-refractivity contribution >= 4 is 11.6 Å². The van der Waals surface area contributed by atoms with Gasteiger partial charge in [0.25, 0.3) is 0 Å². The third kappa shape index (κ3) is 5.75. The van der Waals surface area contributed by atoms with E-state index in [4.69, 9.17) is 0 Å². The second-order valence-electron chi connectivity index (χ2n) is 5.41. The van der Waals surface area contributed by atoms with Crippen LogP contribution in [0.15, 0.2) is 24.3 Å². The minimum absolute atomic E-state index is 0.162. The fraction of sp³-hybridized carbons (Fsp3) is 0.533. The number of hydrogen-bond acceptors (Lipinski definition) is 2. The zero-order valence-corrected chi connectivity index (χ0v) is 11.7. The molecular formula is C15H19F3N2O. The Morgan fingerprint density at radius 2 is 2.05 bits per heavy atom. The molecule has 6 heteroatoms. The number of hydrogen-bond donors (Lipinski definition) is 2. The van der Waals surface area contributed by atoms with E-state index < -0.39 is 12.1 Å². The van der Waals surface area contributed by atoms with E-state index in [0.29, 0.717) is 6.54 Å². The molecule has 1 aliphatic carbocycles. The molecular weight excluding hydrogens is 281 g/mol. The van der Waals surface area contributed by atoms with Crippen molar-refractivity contribution in [2.75, 3.05) is 11.9 Å². The molecule has 0 aliphatic heterocycles. The third-order valence-corrected chi connectivity index (χ3v) is 3.43.